The Morgan fingerprint density at radius 3 is 2.75 bits per heavy atom. The van der Waals surface area contributed by atoms with Crippen LogP contribution < -0.4 is 5.32 Å². The second-order valence-corrected chi connectivity index (χ2v) is 4.05. The molecule has 0 atom stereocenters. The number of rotatable bonds is 5. The zero-order valence-electron chi connectivity index (χ0n) is 10.3. The van der Waals surface area contributed by atoms with Crippen LogP contribution in [-0.2, 0) is 9.59 Å². The third-order valence-electron chi connectivity index (χ3n) is 2.74. The summed E-state index contributed by atoms with van der Waals surface area (Å²) in [6, 6.07) is 3.44. The lowest BCUT2D eigenvalue weighted by atomic mass is 10.2. The Morgan fingerprint density at radius 1 is 1.35 bits per heavy atom. The molecule has 1 aromatic carbocycles. The van der Waals surface area contributed by atoms with Gasteiger partial charge in [-0.05, 0) is 18.2 Å². The first-order chi connectivity index (χ1) is 9.56. The minimum atomic E-state index is -0.606. The summed E-state index contributed by atoms with van der Waals surface area (Å²) in [5, 5.41) is 11.4. The molecule has 0 aromatic heterocycles. The summed E-state index contributed by atoms with van der Waals surface area (Å²) in [6.07, 6.45) is 1.51. The fraction of sp³-hybridized carbons (Fsp3) is 0.154. The predicted octanol–water partition coefficient (Wildman–Crippen LogP) is 0.295. The molecule has 2 N–H and O–H groups in total. The molecule has 20 heavy (non-hydrogen) atoms. The summed E-state index contributed by atoms with van der Waals surface area (Å²) < 4.78 is 13.0. The largest absolute Gasteiger partial charge is 0.395 e. The van der Waals surface area contributed by atoms with Gasteiger partial charge in [-0.1, -0.05) is 0 Å². The van der Waals surface area contributed by atoms with Crippen molar-refractivity contribution in [1.29, 1.82) is 0 Å². The van der Waals surface area contributed by atoms with Crippen molar-refractivity contribution in [2.75, 3.05) is 18.5 Å². The van der Waals surface area contributed by atoms with Crippen LogP contribution in [0.15, 0.2) is 30.0 Å². The van der Waals surface area contributed by atoms with Gasteiger partial charge in [0.1, 0.15) is 11.5 Å². The highest BCUT2D eigenvalue weighted by Gasteiger charge is 2.30. The van der Waals surface area contributed by atoms with Gasteiger partial charge in [-0.15, -0.1) is 0 Å². The average molecular weight is 278 g/mol. The summed E-state index contributed by atoms with van der Waals surface area (Å²) in [7, 11) is 0. The first kappa shape index (κ1) is 13.9. The van der Waals surface area contributed by atoms with Crippen LogP contribution in [0.25, 0.3) is 0 Å². The van der Waals surface area contributed by atoms with Crippen LogP contribution >= 0.6 is 0 Å². The highest BCUT2D eigenvalue weighted by Crippen LogP contribution is 2.20. The van der Waals surface area contributed by atoms with E-state index in [1.807, 2.05) is 0 Å². The SMILES string of the molecule is O=Cc1cc(F)ccc1NC1=CC(=O)N(CCO)C1=O. The van der Waals surface area contributed by atoms with E-state index in [1.54, 1.807) is 0 Å². The minimum Gasteiger partial charge on any atom is -0.395 e. The molecular weight excluding hydrogens is 267 g/mol. The number of nitrogens with zero attached hydrogens (tertiary/aromatic N) is 1. The molecule has 0 radical (unpaired) electrons. The van der Waals surface area contributed by atoms with Crippen LogP contribution in [0.1, 0.15) is 10.4 Å². The van der Waals surface area contributed by atoms with Gasteiger partial charge in [-0.3, -0.25) is 19.3 Å². The van der Waals surface area contributed by atoms with Crippen molar-refractivity contribution in [2.45, 2.75) is 0 Å². The fourth-order valence-electron chi connectivity index (χ4n) is 1.80. The van der Waals surface area contributed by atoms with Crippen molar-refractivity contribution in [2.24, 2.45) is 0 Å². The molecule has 1 heterocycles. The Morgan fingerprint density at radius 2 is 2.10 bits per heavy atom. The average Bonchev–Trinajstić information content (AvgIpc) is 2.69. The van der Waals surface area contributed by atoms with Gasteiger partial charge in [-0.25, -0.2) is 4.39 Å². The molecule has 0 unspecified atom stereocenters. The molecule has 7 heteroatoms. The summed E-state index contributed by atoms with van der Waals surface area (Å²) in [5.74, 6) is -1.74. The van der Waals surface area contributed by atoms with E-state index in [-0.39, 0.29) is 30.1 Å². The molecule has 0 aliphatic carbocycles. The van der Waals surface area contributed by atoms with Gasteiger partial charge in [0.2, 0.25) is 0 Å². The zero-order chi connectivity index (χ0) is 14.7. The molecule has 6 nitrogen and oxygen atoms in total. The zero-order valence-corrected chi connectivity index (χ0v) is 10.3. The molecule has 0 fully saturated rings. The molecule has 0 spiro atoms. The summed E-state index contributed by atoms with van der Waals surface area (Å²) >= 11 is 0. The number of imide groups is 1. The number of aliphatic hydroxyl groups excluding tert-OH is 1. The molecule has 1 aliphatic rings. The fourth-order valence-corrected chi connectivity index (χ4v) is 1.80. The van der Waals surface area contributed by atoms with E-state index < -0.39 is 17.6 Å². The minimum absolute atomic E-state index is 0.0295. The Balaban J connectivity index is 2.23. The second kappa shape index (κ2) is 5.62. The van der Waals surface area contributed by atoms with Crippen molar-refractivity contribution >= 4 is 23.8 Å². The highest BCUT2D eigenvalue weighted by atomic mass is 19.1. The number of aliphatic hydroxyl groups is 1. The molecule has 0 saturated carbocycles. The summed E-state index contributed by atoms with van der Waals surface area (Å²) in [4.78, 5) is 35.1. The third-order valence-corrected chi connectivity index (χ3v) is 2.74. The van der Waals surface area contributed by atoms with Crippen LogP contribution in [0.2, 0.25) is 0 Å². The Bertz CT molecular complexity index is 612. The third kappa shape index (κ3) is 2.57. The molecule has 2 amide bonds. The maximum atomic E-state index is 13.0. The molecule has 104 valence electrons. The quantitative estimate of drug-likeness (QED) is 0.597. The number of aldehydes is 1. The standard InChI is InChI=1S/C13H11FN2O4/c14-9-1-2-10(8(5-9)7-18)15-11-6-12(19)16(3-4-17)13(11)20/h1-2,5-7,15,17H,3-4H2. The van der Waals surface area contributed by atoms with Gasteiger partial charge < -0.3 is 10.4 Å². The monoisotopic (exact) mass is 278 g/mol. The van der Waals surface area contributed by atoms with E-state index in [0.717, 1.165) is 23.1 Å². The number of hydrogen-bond donors (Lipinski definition) is 2. The number of amides is 2. The van der Waals surface area contributed by atoms with Gasteiger partial charge in [0, 0.05) is 17.3 Å². The number of anilines is 1. The highest BCUT2D eigenvalue weighted by molar-refractivity contribution is 6.17. The van der Waals surface area contributed by atoms with E-state index in [2.05, 4.69) is 5.32 Å². The normalized spacial score (nSPS) is 14.5. The number of nitrogens with one attached hydrogen (secondary N) is 1. The number of carbonyl (C=O) groups is 3. The smallest absolute Gasteiger partial charge is 0.277 e. The lowest BCUT2D eigenvalue weighted by Gasteiger charge is -2.14. The molecule has 0 bridgehead atoms. The first-order valence-corrected chi connectivity index (χ1v) is 5.77. The van der Waals surface area contributed by atoms with E-state index in [0.29, 0.717) is 6.29 Å². The maximum absolute atomic E-state index is 13.0. The lowest BCUT2D eigenvalue weighted by Crippen LogP contribution is -2.34. The first-order valence-electron chi connectivity index (χ1n) is 5.77. The molecular formula is C13H11FN2O4. The van der Waals surface area contributed by atoms with Crippen LogP contribution in [-0.4, -0.2) is 41.3 Å². The topological polar surface area (TPSA) is 86.7 Å². The number of hydrogen-bond acceptors (Lipinski definition) is 5. The molecule has 1 aromatic rings. The molecule has 0 saturated heterocycles. The molecule has 1 aliphatic heterocycles. The van der Waals surface area contributed by atoms with Crippen LogP contribution in [0.5, 0.6) is 0 Å². The lowest BCUT2D eigenvalue weighted by molar-refractivity contribution is -0.137. The summed E-state index contributed by atoms with van der Waals surface area (Å²) in [6.45, 7) is -0.446. The number of benzene rings is 1. The summed E-state index contributed by atoms with van der Waals surface area (Å²) in [5.41, 5.74) is 0.226. The van der Waals surface area contributed by atoms with E-state index in [4.69, 9.17) is 5.11 Å². The molecule has 2 rings (SSSR count). The van der Waals surface area contributed by atoms with E-state index >= 15 is 0 Å². The Kier molecular flexibility index (Phi) is 3.90. The van der Waals surface area contributed by atoms with E-state index in [9.17, 15) is 18.8 Å². The Labute approximate surface area is 113 Å². The Hall–Kier alpha value is -2.54. The second-order valence-electron chi connectivity index (χ2n) is 4.05. The van der Waals surface area contributed by atoms with Crippen LogP contribution in [0.3, 0.4) is 0 Å². The van der Waals surface area contributed by atoms with Crippen molar-refractivity contribution in [3.63, 3.8) is 0 Å². The van der Waals surface area contributed by atoms with Crippen LogP contribution in [0, 0.1) is 5.82 Å². The van der Waals surface area contributed by atoms with Gasteiger partial charge in [-0.2, -0.15) is 0 Å². The van der Waals surface area contributed by atoms with Gasteiger partial charge >= 0.3 is 0 Å². The maximum Gasteiger partial charge on any atom is 0.277 e. The van der Waals surface area contributed by atoms with Gasteiger partial charge in [0.15, 0.2) is 6.29 Å². The van der Waals surface area contributed by atoms with Crippen molar-refractivity contribution in [3.8, 4) is 0 Å². The van der Waals surface area contributed by atoms with Gasteiger partial charge in [0.25, 0.3) is 11.8 Å². The number of β-amino-alcohol motifs (C(OH)–C–C–N with tert-alkyl or cyclic N) is 1. The predicted molar refractivity (Wildman–Crippen MR) is 67.3 cm³/mol. The number of halogens is 1. The van der Waals surface area contributed by atoms with Crippen LogP contribution in [0.4, 0.5) is 10.1 Å². The number of carbonyl (C=O) groups excluding carboxylic acids is 3. The van der Waals surface area contributed by atoms with Crippen molar-refractivity contribution < 1.29 is 23.9 Å². The van der Waals surface area contributed by atoms with E-state index in [1.165, 1.54) is 6.07 Å². The van der Waals surface area contributed by atoms with Crippen molar-refractivity contribution in [3.05, 3.63) is 41.4 Å². The van der Waals surface area contributed by atoms with Crippen molar-refractivity contribution in [1.82, 2.24) is 4.90 Å². The van der Waals surface area contributed by atoms with Gasteiger partial charge in [0.05, 0.1) is 13.2 Å².